The second kappa shape index (κ2) is 5.30. The van der Waals surface area contributed by atoms with E-state index in [0.717, 1.165) is 10.8 Å². The fourth-order valence-corrected chi connectivity index (χ4v) is 3.05. The summed E-state index contributed by atoms with van der Waals surface area (Å²) in [6.07, 6.45) is 1.04. The van der Waals surface area contributed by atoms with E-state index in [1.54, 1.807) is 12.1 Å². The van der Waals surface area contributed by atoms with Crippen LogP contribution in [-0.4, -0.2) is 34.5 Å². The lowest BCUT2D eigenvalue weighted by molar-refractivity contribution is 0.0510. The van der Waals surface area contributed by atoms with Crippen LogP contribution in [0.1, 0.15) is 40.5 Å². The fourth-order valence-electron chi connectivity index (χ4n) is 3.05. The molecule has 0 saturated heterocycles. The van der Waals surface area contributed by atoms with Gasteiger partial charge in [0.1, 0.15) is 0 Å². The molecule has 2 aromatic rings. The zero-order chi connectivity index (χ0) is 15.0. The molecule has 3 rings (SSSR count). The maximum absolute atomic E-state index is 12.7. The van der Waals surface area contributed by atoms with E-state index in [0.29, 0.717) is 24.0 Å². The minimum atomic E-state index is -0.265. The van der Waals surface area contributed by atoms with E-state index in [4.69, 9.17) is 5.11 Å². The molecule has 0 spiro atoms. The monoisotopic (exact) mass is 283 g/mol. The van der Waals surface area contributed by atoms with Gasteiger partial charge < -0.3 is 5.11 Å². The number of rotatable bonds is 4. The summed E-state index contributed by atoms with van der Waals surface area (Å²) in [5.41, 5.74) is 1.14. The highest BCUT2D eigenvalue weighted by Crippen LogP contribution is 2.31. The standard InChI is InChI=1S/C17H17NO3/c1-2-12(9-10-19)18-16(20)13-7-3-5-11-6-4-8-14(15(11)13)17(18)21/h3-8,12,19H,2,9-10H2,1H3. The Bertz CT molecular complexity index is 672. The molecule has 0 saturated carbocycles. The van der Waals surface area contributed by atoms with Crippen LogP contribution in [0.3, 0.4) is 0 Å². The van der Waals surface area contributed by atoms with Gasteiger partial charge in [-0.3, -0.25) is 14.5 Å². The van der Waals surface area contributed by atoms with Crippen LogP contribution in [0.5, 0.6) is 0 Å². The Labute approximate surface area is 123 Å². The second-order valence-corrected chi connectivity index (χ2v) is 5.26. The number of carbonyl (C=O) groups is 2. The number of aliphatic hydroxyl groups excluding tert-OH is 1. The molecule has 21 heavy (non-hydrogen) atoms. The predicted molar refractivity (Wildman–Crippen MR) is 80.2 cm³/mol. The number of nitrogens with zero attached hydrogens (tertiary/aromatic N) is 1. The summed E-state index contributed by atoms with van der Waals surface area (Å²) in [5.74, 6) is -0.519. The predicted octanol–water partition coefficient (Wildman–Crippen LogP) is 2.60. The summed E-state index contributed by atoms with van der Waals surface area (Å²) in [7, 11) is 0. The Morgan fingerprint density at radius 3 is 2.10 bits per heavy atom. The van der Waals surface area contributed by atoms with Gasteiger partial charge in [-0.25, -0.2) is 0 Å². The van der Waals surface area contributed by atoms with Gasteiger partial charge in [0, 0.05) is 29.2 Å². The van der Waals surface area contributed by atoms with E-state index in [1.165, 1.54) is 4.90 Å². The molecule has 4 nitrogen and oxygen atoms in total. The third-order valence-electron chi connectivity index (χ3n) is 4.10. The number of hydrogen-bond donors (Lipinski definition) is 1. The summed E-state index contributed by atoms with van der Waals surface area (Å²) in [5, 5.41) is 10.8. The van der Waals surface area contributed by atoms with Crippen LogP contribution in [0.2, 0.25) is 0 Å². The first kappa shape index (κ1) is 13.8. The molecule has 4 heteroatoms. The topological polar surface area (TPSA) is 57.6 Å². The lowest BCUT2D eigenvalue weighted by Gasteiger charge is -2.33. The van der Waals surface area contributed by atoms with Crippen molar-refractivity contribution >= 4 is 22.6 Å². The van der Waals surface area contributed by atoms with Crippen molar-refractivity contribution in [2.45, 2.75) is 25.8 Å². The van der Waals surface area contributed by atoms with Crippen LogP contribution in [0.25, 0.3) is 10.8 Å². The highest BCUT2D eigenvalue weighted by atomic mass is 16.3. The Morgan fingerprint density at radius 1 is 1.05 bits per heavy atom. The van der Waals surface area contributed by atoms with Gasteiger partial charge in [-0.15, -0.1) is 0 Å². The van der Waals surface area contributed by atoms with Crippen molar-refractivity contribution in [2.75, 3.05) is 6.61 Å². The molecule has 108 valence electrons. The first-order chi connectivity index (χ1) is 10.2. The largest absolute Gasteiger partial charge is 0.396 e. The van der Waals surface area contributed by atoms with E-state index in [9.17, 15) is 9.59 Å². The number of hydrogen-bond acceptors (Lipinski definition) is 3. The molecule has 0 radical (unpaired) electrons. The van der Waals surface area contributed by atoms with Gasteiger partial charge in [0.2, 0.25) is 0 Å². The van der Waals surface area contributed by atoms with Crippen LogP contribution in [0, 0.1) is 0 Å². The van der Waals surface area contributed by atoms with E-state index >= 15 is 0 Å². The molecule has 2 amide bonds. The summed E-state index contributed by atoms with van der Waals surface area (Å²) in [6.45, 7) is 1.88. The Morgan fingerprint density at radius 2 is 1.62 bits per heavy atom. The maximum atomic E-state index is 12.7. The molecule has 0 aliphatic carbocycles. The van der Waals surface area contributed by atoms with Crippen molar-refractivity contribution in [1.29, 1.82) is 0 Å². The Balaban J connectivity index is 2.19. The third-order valence-corrected chi connectivity index (χ3v) is 4.10. The van der Waals surface area contributed by atoms with Gasteiger partial charge in [0.05, 0.1) is 0 Å². The molecule has 1 unspecified atom stereocenters. The number of carbonyl (C=O) groups excluding carboxylic acids is 2. The average Bonchev–Trinajstić information content (AvgIpc) is 2.51. The summed E-state index contributed by atoms with van der Waals surface area (Å²) >= 11 is 0. The second-order valence-electron chi connectivity index (χ2n) is 5.26. The molecule has 2 aromatic carbocycles. The highest BCUT2D eigenvalue weighted by molar-refractivity contribution is 6.25. The first-order valence-electron chi connectivity index (χ1n) is 7.19. The molecular formula is C17H17NO3. The van der Waals surface area contributed by atoms with Crippen molar-refractivity contribution in [2.24, 2.45) is 0 Å². The molecule has 1 aliphatic heterocycles. The summed E-state index contributed by atoms with van der Waals surface area (Å²) in [6, 6.07) is 10.7. The maximum Gasteiger partial charge on any atom is 0.261 e. The van der Waals surface area contributed by atoms with Gasteiger partial charge in [0.25, 0.3) is 11.8 Å². The van der Waals surface area contributed by atoms with Crippen molar-refractivity contribution in [3.63, 3.8) is 0 Å². The molecular weight excluding hydrogens is 266 g/mol. The molecule has 1 atom stereocenters. The summed E-state index contributed by atoms with van der Waals surface area (Å²) < 4.78 is 0. The number of aliphatic hydroxyl groups is 1. The van der Waals surface area contributed by atoms with Crippen LogP contribution >= 0.6 is 0 Å². The van der Waals surface area contributed by atoms with Gasteiger partial charge in [-0.2, -0.15) is 0 Å². The quantitative estimate of drug-likeness (QED) is 0.877. The fraction of sp³-hybridized carbons (Fsp3) is 0.294. The van der Waals surface area contributed by atoms with Crippen LogP contribution in [-0.2, 0) is 0 Å². The lowest BCUT2D eigenvalue weighted by Crippen LogP contribution is -2.47. The smallest absolute Gasteiger partial charge is 0.261 e. The average molecular weight is 283 g/mol. The van der Waals surface area contributed by atoms with E-state index in [1.807, 2.05) is 31.2 Å². The molecule has 1 heterocycles. The van der Waals surface area contributed by atoms with Gasteiger partial charge >= 0.3 is 0 Å². The number of imide groups is 1. The molecule has 0 aromatic heterocycles. The van der Waals surface area contributed by atoms with E-state index in [-0.39, 0.29) is 24.5 Å². The minimum Gasteiger partial charge on any atom is -0.396 e. The normalized spacial score (nSPS) is 15.6. The molecule has 0 fully saturated rings. The Kier molecular flexibility index (Phi) is 3.47. The van der Waals surface area contributed by atoms with Crippen molar-refractivity contribution < 1.29 is 14.7 Å². The SMILES string of the molecule is CCC(CCO)N1C(=O)c2cccc3cccc(c23)C1=O. The van der Waals surface area contributed by atoms with Crippen LogP contribution in [0.15, 0.2) is 36.4 Å². The zero-order valence-electron chi connectivity index (χ0n) is 11.9. The minimum absolute atomic E-state index is 0.0403. The van der Waals surface area contributed by atoms with E-state index in [2.05, 4.69) is 0 Å². The Hall–Kier alpha value is -2.20. The van der Waals surface area contributed by atoms with E-state index < -0.39 is 0 Å². The highest BCUT2D eigenvalue weighted by Gasteiger charge is 2.36. The number of amides is 2. The zero-order valence-corrected chi connectivity index (χ0v) is 11.9. The van der Waals surface area contributed by atoms with Crippen LogP contribution in [0.4, 0.5) is 0 Å². The van der Waals surface area contributed by atoms with Crippen molar-refractivity contribution in [3.05, 3.63) is 47.5 Å². The van der Waals surface area contributed by atoms with Gasteiger partial charge in [-0.1, -0.05) is 31.2 Å². The van der Waals surface area contributed by atoms with Gasteiger partial charge in [-0.05, 0) is 30.4 Å². The van der Waals surface area contributed by atoms with Crippen LogP contribution < -0.4 is 0 Å². The van der Waals surface area contributed by atoms with Crippen molar-refractivity contribution in [1.82, 2.24) is 4.90 Å². The molecule has 1 N–H and O–H groups in total. The van der Waals surface area contributed by atoms with Crippen molar-refractivity contribution in [3.8, 4) is 0 Å². The molecule has 1 aliphatic rings. The number of benzene rings is 2. The summed E-state index contributed by atoms with van der Waals surface area (Å²) in [4.78, 5) is 26.7. The lowest BCUT2D eigenvalue weighted by atomic mass is 9.92. The third kappa shape index (κ3) is 2.03. The first-order valence-corrected chi connectivity index (χ1v) is 7.19. The molecule has 0 bridgehead atoms. The van der Waals surface area contributed by atoms with Gasteiger partial charge in [0.15, 0.2) is 0 Å².